The zero-order chi connectivity index (χ0) is 12.3. The summed E-state index contributed by atoms with van der Waals surface area (Å²) in [5.41, 5.74) is 0.369. The van der Waals surface area contributed by atoms with E-state index in [9.17, 15) is 8.42 Å². The van der Waals surface area contributed by atoms with Gasteiger partial charge in [-0.05, 0) is 41.1 Å². The van der Waals surface area contributed by atoms with Crippen molar-refractivity contribution in [3.63, 3.8) is 0 Å². The summed E-state index contributed by atoms with van der Waals surface area (Å²) in [4.78, 5) is 0. The molecule has 0 spiro atoms. The van der Waals surface area contributed by atoms with Gasteiger partial charge in [0, 0.05) is 4.47 Å². The van der Waals surface area contributed by atoms with Gasteiger partial charge in [-0.2, -0.15) is 0 Å². The van der Waals surface area contributed by atoms with Gasteiger partial charge in [-0.1, -0.05) is 11.6 Å². The van der Waals surface area contributed by atoms with Gasteiger partial charge in [0.25, 0.3) is 0 Å². The maximum Gasteiger partial charge on any atom is 0.237 e. The minimum absolute atomic E-state index is 0.369. The fourth-order valence-corrected chi connectivity index (χ4v) is 2.20. The second kappa shape index (κ2) is 5.35. The van der Waals surface area contributed by atoms with Crippen molar-refractivity contribution in [1.82, 2.24) is 0 Å². The fourth-order valence-electron chi connectivity index (χ4n) is 0.923. The summed E-state index contributed by atoms with van der Waals surface area (Å²) in [7, 11) is -3.57. The number of benzene rings is 1. The predicted molar refractivity (Wildman–Crippen MR) is 68.2 cm³/mol. The van der Waals surface area contributed by atoms with Crippen molar-refractivity contribution in [3.05, 3.63) is 27.7 Å². The Morgan fingerprint density at radius 2 is 2.19 bits per heavy atom. The number of aliphatic hydroxyl groups is 1. The van der Waals surface area contributed by atoms with E-state index >= 15 is 0 Å². The van der Waals surface area contributed by atoms with Crippen molar-refractivity contribution in [3.8, 4) is 0 Å². The van der Waals surface area contributed by atoms with E-state index < -0.39 is 21.9 Å². The molecule has 0 aliphatic carbocycles. The molecular weight excluding hydrogens is 318 g/mol. The van der Waals surface area contributed by atoms with Crippen molar-refractivity contribution in [2.24, 2.45) is 0 Å². The molecule has 2 N–H and O–H groups in total. The van der Waals surface area contributed by atoms with Crippen molar-refractivity contribution in [2.75, 3.05) is 11.3 Å². The number of hydrogen-bond acceptors (Lipinski definition) is 3. The van der Waals surface area contributed by atoms with E-state index in [4.69, 9.17) is 16.7 Å². The lowest BCUT2D eigenvalue weighted by Crippen LogP contribution is -2.28. The van der Waals surface area contributed by atoms with Crippen LogP contribution in [-0.2, 0) is 10.0 Å². The lowest BCUT2D eigenvalue weighted by atomic mass is 10.3. The average Bonchev–Trinajstić information content (AvgIpc) is 2.22. The van der Waals surface area contributed by atoms with Gasteiger partial charge in [-0.25, -0.2) is 8.42 Å². The number of rotatable bonds is 4. The molecule has 4 nitrogen and oxygen atoms in total. The van der Waals surface area contributed by atoms with Crippen LogP contribution >= 0.6 is 27.5 Å². The van der Waals surface area contributed by atoms with Gasteiger partial charge in [0.1, 0.15) is 5.25 Å². The predicted octanol–water partition coefficient (Wildman–Crippen LogP) is 2.22. The first-order valence-electron chi connectivity index (χ1n) is 4.44. The molecule has 90 valence electrons. The Hall–Kier alpha value is -0.300. The highest BCUT2D eigenvalue weighted by Crippen LogP contribution is 2.26. The number of hydrogen-bond donors (Lipinski definition) is 2. The highest BCUT2D eigenvalue weighted by Gasteiger charge is 2.19. The van der Waals surface area contributed by atoms with E-state index in [1.54, 1.807) is 12.1 Å². The van der Waals surface area contributed by atoms with Crippen LogP contribution in [0.25, 0.3) is 0 Å². The second-order valence-corrected chi connectivity index (χ2v) is 6.63. The summed E-state index contributed by atoms with van der Waals surface area (Å²) >= 11 is 9.03. The third-order valence-corrected chi connectivity index (χ3v) is 4.93. The van der Waals surface area contributed by atoms with Crippen molar-refractivity contribution in [1.29, 1.82) is 0 Å². The van der Waals surface area contributed by atoms with E-state index in [1.165, 1.54) is 13.0 Å². The maximum absolute atomic E-state index is 11.6. The Morgan fingerprint density at radius 3 is 2.69 bits per heavy atom. The molecule has 0 fully saturated rings. The highest BCUT2D eigenvalue weighted by molar-refractivity contribution is 9.10. The van der Waals surface area contributed by atoms with Crippen molar-refractivity contribution >= 4 is 43.2 Å². The average molecular weight is 329 g/mol. The molecule has 0 aliphatic heterocycles. The first-order valence-corrected chi connectivity index (χ1v) is 7.16. The van der Waals surface area contributed by atoms with Crippen molar-refractivity contribution < 1.29 is 13.5 Å². The van der Waals surface area contributed by atoms with Crippen LogP contribution in [0.15, 0.2) is 22.7 Å². The van der Waals surface area contributed by atoms with Crippen molar-refractivity contribution in [2.45, 2.75) is 12.2 Å². The molecule has 7 heteroatoms. The SMILES string of the molecule is CC(CO)S(=O)(=O)Nc1ccc(Br)c(Cl)c1. The zero-order valence-corrected chi connectivity index (χ0v) is 11.6. The summed E-state index contributed by atoms with van der Waals surface area (Å²) in [6.07, 6.45) is 0. The maximum atomic E-state index is 11.6. The van der Waals surface area contributed by atoms with Gasteiger partial charge < -0.3 is 5.11 Å². The van der Waals surface area contributed by atoms with Crippen LogP contribution in [-0.4, -0.2) is 25.4 Å². The van der Waals surface area contributed by atoms with E-state index in [2.05, 4.69) is 20.7 Å². The van der Waals surface area contributed by atoms with Crippen LogP contribution in [0.4, 0.5) is 5.69 Å². The number of nitrogens with one attached hydrogen (secondary N) is 1. The molecule has 0 aromatic heterocycles. The van der Waals surface area contributed by atoms with Gasteiger partial charge in [0.05, 0.1) is 17.3 Å². The molecule has 16 heavy (non-hydrogen) atoms. The number of sulfonamides is 1. The molecule has 0 aliphatic rings. The smallest absolute Gasteiger partial charge is 0.237 e. The van der Waals surface area contributed by atoms with Crippen LogP contribution in [0.2, 0.25) is 5.02 Å². The first-order chi connectivity index (χ1) is 7.36. The van der Waals surface area contributed by atoms with Crippen LogP contribution < -0.4 is 4.72 Å². The molecule has 0 saturated heterocycles. The third kappa shape index (κ3) is 3.35. The zero-order valence-electron chi connectivity index (χ0n) is 8.44. The molecule has 0 heterocycles. The van der Waals surface area contributed by atoms with E-state index in [1.807, 2.05) is 0 Å². The summed E-state index contributed by atoms with van der Waals surface area (Å²) in [5, 5.41) is 8.34. The Bertz CT molecular complexity index is 478. The molecule has 1 aromatic carbocycles. The van der Waals surface area contributed by atoms with Gasteiger partial charge in [0.15, 0.2) is 0 Å². The highest BCUT2D eigenvalue weighted by atomic mass is 79.9. The lowest BCUT2D eigenvalue weighted by Gasteiger charge is -2.12. The second-order valence-electron chi connectivity index (χ2n) is 3.27. The Balaban J connectivity index is 2.93. The molecule has 0 radical (unpaired) electrons. The van der Waals surface area contributed by atoms with E-state index in [0.717, 1.165) is 0 Å². The monoisotopic (exact) mass is 327 g/mol. The molecule has 1 atom stereocenters. The topological polar surface area (TPSA) is 66.4 Å². The number of halogens is 2. The third-order valence-electron chi connectivity index (χ3n) is 1.97. The Kier molecular flexibility index (Phi) is 4.61. The van der Waals surface area contributed by atoms with Gasteiger partial charge in [0.2, 0.25) is 10.0 Å². The summed E-state index contributed by atoms with van der Waals surface area (Å²) in [5.74, 6) is 0. The normalized spacial score (nSPS) is 13.5. The standard InChI is InChI=1S/C9H11BrClNO3S/c1-6(5-13)16(14,15)12-7-2-3-8(10)9(11)4-7/h2-4,6,12-13H,5H2,1H3. The van der Waals surface area contributed by atoms with Crippen LogP contribution in [0.1, 0.15) is 6.92 Å². The molecule has 1 unspecified atom stereocenters. The number of anilines is 1. The molecule has 0 amide bonds. The Morgan fingerprint density at radius 1 is 1.56 bits per heavy atom. The molecular formula is C9H11BrClNO3S. The molecule has 0 bridgehead atoms. The van der Waals surface area contributed by atoms with Gasteiger partial charge >= 0.3 is 0 Å². The van der Waals surface area contributed by atoms with E-state index in [-0.39, 0.29) is 0 Å². The Labute approximate surface area is 108 Å². The number of aliphatic hydroxyl groups excluding tert-OH is 1. The van der Waals surface area contributed by atoms with Gasteiger partial charge in [-0.15, -0.1) is 0 Å². The first kappa shape index (κ1) is 13.8. The van der Waals surface area contributed by atoms with Crippen LogP contribution in [0.5, 0.6) is 0 Å². The van der Waals surface area contributed by atoms with Gasteiger partial charge in [-0.3, -0.25) is 4.72 Å². The summed E-state index contributed by atoms with van der Waals surface area (Å²) in [6.45, 7) is 0.988. The largest absolute Gasteiger partial charge is 0.395 e. The fraction of sp³-hybridized carbons (Fsp3) is 0.333. The lowest BCUT2D eigenvalue weighted by molar-refractivity contribution is 0.296. The molecule has 0 saturated carbocycles. The van der Waals surface area contributed by atoms with Crippen LogP contribution in [0.3, 0.4) is 0 Å². The van der Waals surface area contributed by atoms with Crippen LogP contribution in [0, 0.1) is 0 Å². The summed E-state index contributed by atoms with van der Waals surface area (Å²) in [6, 6.07) is 4.72. The van der Waals surface area contributed by atoms with E-state index in [0.29, 0.717) is 15.2 Å². The quantitative estimate of drug-likeness (QED) is 0.890. The molecule has 1 aromatic rings. The minimum Gasteiger partial charge on any atom is -0.395 e. The minimum atomic E-state index is -3.57. The summed E-state index contributed by atoms with van der Waals surface area (Å²) < 4.78 is 26.2. The molecule has 1 rings (SSSR count).